The van der Waals surface area contributed by atoms with Gasteiger partial charge >= 0.3 is 5.97 Å². The molecule has 0 aromatic rings. The summed E-state index contributed by atoms with van der Waals surface area (Å²) in [5, 5.41) is 8.85. The van der Waals surface area contributed by atoms with Crippen LogP contribution in [-0.4, -0.2) is 11.1 Å². The summed E-state index contributed by atoms with van der Waals surface area (Å²) in [6, 6.07) is 12.8. The zero-order valence-corrected chi connectivity index (χ0v) is 6.90. The minimum atomic E-state index is -0.874. The van der Waals surface area contributed by atoms with Crippen LogP contribution in [0.5, 0.6) is 0 Å². The van der Waals surface area contributed by atoms with Crippen molar-refractivity contribution in [1.29, 1.82) is 0 Å². The van der Waals surface area contributed by atoms with Gasteiger partial charge in [-0.15, -0.1) is 0 Å². The van der Waals surface area contributed by atoms with Crippen LogP contribution in [0.25, 0.3) is 11.1 Å². The van der Waals surface area contributed by atoms with Crippen LogP contribution >= 0.6 is 0 Å². The third-order valence-electron chi connectivity index (χ3n) is 2.02. The summed E-state index contributed by atoms with van der Waals surface area (Å²) in [6.45, 7) is 0. The predicted octanol–water partition coefficient (Wildman–Crippen LogP) is 2.49. The fourth-order valence-corrected chi connectivity index (χ4v) is 1.40. The van der Waals surface area contributed by atoms with Crippen molar-refractivity contribution in [2.24, 2.45) is 0 Å². The number of carboxylic acids is 1. The Kier molecular flexibility index (Phi) is 1.74. The van der Waals surface area contributed by atoms with E-state index in [1.807, 2.05) is 36.4 Å². The Morgan fingerprint density at radius 2 is 1.77 bits per heavy atom. The Balaban J connectivity index is 2.68. The number of hydrogen-bond donors (Lipinski definition) is 1. The van der Waals surface area contributed by atoms with E-state index in [1.165, 1.54) is 0 Å². The molecule has 2 nitrogen and oxygen atoms in total. The molecule has 0 bridgehead atoms. The molecule has 0 unspecified atom stereocenters. The first-order valence-electron chi connectivity index (χ1n) is 4.00. The lowest BCUT2D eigenvalue weighted by molar-refractivity contribution is 0.0698. The molecule has 0 aromatic heterocycles. The zero-order chi connectivity index (χ0) is 9.26. The third kappa shape index (κ3) is 1.26. The molecule has 0 aromatic carbocycles. The van der Waals surface area contributed by atoms with E-state index >= 15 is 0 Å². The van der Waals surface area contributed by atoms with Gasteiger partial charge in [-0.1, -0.05) is 36.4 Å². The van der Waals surface area contributed by atoms with E-state index in [0.29, 0.717) is 5.56 Å². The van der Waals surface area contributed by atoms with Crippen LogP contribution in [0.15, 0.2) is 42.5 Å². The van der Waals surface area contributed by atoms with Crippen molar-refractivity contribution >= 4 is 5.97 Å². The van der Waals surface area contributed by atoms with Crippen molar-refractivity contribution in [3.05, 3.63) is 48.0 Å². The van der Waals surface area contributed by atoms with Gasteiger partial charge in [0.2, 0.25) is 0 Å². The maximum Gasteiger partial charge on any atom is 0.336 e. The molecule has 0 aliphatic heterocycles. The molecule has 0 amide bonds. The van der Waals surface area contributed by atoms with Crippen molar-refractivity contribution in [2.45, 2.75) is 0 Å². The van der Waals surface area contributed by atoms with Crippen LogP contribution in [0.2, 0.25) is 0 Å². The second-order valence-corrected chi connectivity index (χ2v) is 2.83. The molecule has 2 heteroatoms. The van der Waals surface area contributed by atoms with E-state index in [2.05, 4.69) is 0 Å². The summed E-state index contributed by atoms with van der Waals surface area (Å²) >= 11 is 0. The second kappa shape index (κ2) is 2.90. The smallest absolute Gasteiger partial charge is 0.336 e. The number of carboxylic acid groups (broad SMARTS) is 1. The highest BCUT2D eigenvalue weighted by Gasteiger charge is 2.12. The summed E-state index contributed by atoms with van der Waals surface area (Å²) in [5.74, 6) is -0.874. The Hall–Kier alpha value is -1.83. The Bertz CT molecular complexity index is 420. The van der Waals surface area contributed by atoms with E-state index in [-0.39, 0.29) is 0 Å². The first-order chi connectivity index (χ1) is 6.29. The van der Waals surface area contributed by atoms with Crippen molar-refractivity contribution in [3.8, 4) is 11.1 Å². The van der Waals surface area contributed by atoms with E-state index in [0.717, 1.165) is 11.1 Å². The van der Waals surface area contributed by atoms with Crippen LogP contribution in [0.1, 0.15) is 10.4 Å². The minimum absolute atomic E-state index is 0.367. The molecular weight excluding hydrogens is 164 g/mol. The molecule has 2 aliphatic carbocycles. The lowest BCUT2D eigenvalue weighted by Crippen LogP contribution is -1.94. The zero-order valence-electron chi connectivity index (χ0n) is 6.90. The first-order valence-corrected chi connectivity index (χ1v) is 4.00. The molecule has 0 saturated carbocycles. The molecule has 2 rings (SSSR count). The normalized spacial score (nSPS) is 10.2. The molecular formula is C11H8O2. The van der Waals surface area contributed by atoms with Gasteiger partial charge in [-0.05, 0) is 17.2 Å². The van der Waals surface area contributed by atoms with Gasteiger partial charge in [0, 0.05) is 0 Å². The van der Waals surface area contributed by atoms with Crippen molar-refractivity contribution in [1.82, 2.24) is 0 Å². The number of rotatable bonds is 1. The molecule has 0 heterocycles. The van der Waals surface area contributed by atoms with Crippen molar-refractivity contribution in [2.75, 3.05) is 0 Å². The number of carbonyl (C=O) groups is 1. The molecule has 1 N–H and O–H groups in total. The maximum atomic E-state index is 10.8. The van der Waals surface area contributed by atoms with Crippen LogP contribution in [-0.2, 0) is 0 Å². The summed E-state index contributed by atoms with van der Waals surface area (Å²) in [7, 11) is 0. The van der Waals surface area contributed by atoms with Gasteiger partial charge in [-0.2, -0.15) is 0 Å². The minimum Gasteiger partial charge on any atom is -0.478 e. The summed E-state index contributed by atoms with van der Waals surface area (Å²) in [4.78, 5) is 10.8. The van der Waals surface area contributed by atoms with Crippen LogP contribution < -0.4 is 0 Å². The van der Waals surface area contributed by atoms with Gasteiger partial charge in [0.05, 0.1) is 5.56 Å². The van der Waals surface area contributed by atoms with Gasteiger partial charge in [-0.25, -0.2) is 4.79 Å². The van der Waals surface area contributed by atoms with Gasteiger partial charge < -0.3 is 5.11 Å². The standard InChI is InChI=1S/C11H8O2/c12-11(13)10-7-6-8-4-2-1-3-5-9(8)10/h1-7H,(H,12,13). The number of aromatic carboxylic acids is 1. The Labute approximate surface area is 75.8 Å². The van der Waals surface area contributed by atoms with Crippen molar-refractivity contribution < 1.29 is 9.90 Å². The monoisotopic (exact) mass is 172 g/mol. The highest BCUT2D eigenvalue weighted by atomic mass is 16.4. The fourth-order valence-electron chi connectivity index (χ4n) is 1.40. The number of hydrogen-bond acceptors (Lipinski definition) is 1. The third-order valence-corrected chi connectivity index (χ3v) is 2.02. The molecule has 64 valence electrons. The van der Waals surface area contributed by atoms with Gasteiger partial charge in [0.25, 0.3) is 0 Å². The van der Waals surface area contributed by atoms with Gasteiger partial charge in [0.15, 0.2) is 0 Å². The largest absolute Gasteiger partial charge is 0.478 e. The molecule has 0 saturated heterocycles. The predicted molar refractivity (Wildman–Crippen MR) is 50.0 cm³/mol. The summed E-state index contributed by atoms with van der Waals surface area (Å²) < 4.78 is 0. The molecule has 0 radical (unpaired) electrons. The molecule has 0 spiro atoms. The molecule has 0 fully saturated rings. The van der Waals surface area contributed by atoms with E-state index < -0.39 is 5.97 Å². The fraction of sp³-hybridized carbons (Fsp3) is 0. The SMILES string of the molecule is O=C(O)c1ccc2cccccc1-2. The first kappa shape index (κ1) is 7.80. The second-order valence-electron chi connectivity index (χ2n) is 2.83. The van der Waals surface area contributed by atoms with E-state index in [9.17, 15) is 4.79 Å². The van der Waals surface area contributed by atoms with Crippen molar-refractivity contribution in [3.63, 3.8) is 0 Å². The van der Waals surface area contributed by atoms with Crippen LogP contribution in [0, 0.1) is 0 Å². The highest BCUT2D eigenvalue weighted by molar-refractivity contribution is 5.97. The lowest BCUT2D eigenvalue weighted by Gasteiger charge is -1.93. The average Bonchev–Trinajstić information content (AvgIpc) is 2.36. The lowest BCUT2D eigenvalue weighted by atomic mass is 10.1. The van der Waals surface area contributed by atoms with Crippen LogP contribution in [0.4, 0.5) is 0 Å². The van der Waals surface area contributed by atoms with Gasteiger partial charge in [0.1, 0.15) is 0 Å². The molecule has 13 heavy (non-hydrogen) atoms. The topological polar surface area (TPSA) is 37.3 Å². The summed E-state index contributed by atoms with van der Waals surface area (Å²) in [5.41, 5.74) is 2.12. The van der Waals surface area contributed by atoms with Crippen LogP contribution in [0.3, 0.4) is 0 Å². The number of fused-ring (bicyclic) bond motifs is 1. The van der Waals surface area contributed by atoms with E-state index in [4.69, 9.17) is 5.11 Å². The average molecular weight is 172 g/mol. The Morgan fingerprint density at radius 3 is 2.54 bits per heavy atom. The summed E-state index contributed by atoms with van der Waals surface area (Å²) in [6.07, 6.45) is 0. The molecule has 2 aliphatic rings. The Morgan fingerprint density at radius 1 is 1.00 bits per heavy atom. The van der Waals surface area contributed by atoms with E-state index in [1.54, 1.807) is 6.07 Å². The maximum absolute atomic E-state index is 10.8. The molecule has 0 atom stereocenters. The quantitative estimate of drug-likeness (QED) is 0.717. The van der Waals surface area contributed by atoms with Gasteiger partial charge in [-0.3, -0.25) is 0 Å². The highest BCUT2D eigenvalue weighted by Crippen LogP contribution is 2.26.